The molecule has 0 aliphatic heterocycles. The zero-order valence-corrected chi connectivity index (χ0v) is 11.9. The van der Waals surface area contributed by atoms with E-state index in [1.54, 1.807) is 24.6 Å². The van der Waals surface area contributed by atoms with Gasteiger partial charge in [-0.05, 0) is 35.0 Å². The summed E-state index contributed by atoms with van der Waals surface area (Å²) in [5.41, 5.74) is 0. The Hall–Kier alpha value is -1.60. The van der Waals surface area contributed by atoms with Gasteiger partial charge in [0, 0.05) is 0 Å². The highest BCUT2D eigenvalue weighted by molar-refractivity contribution is 9.10. The summed E-state index contributed by atoms with van der Waals surface area (Å²) in [4.78, 5) is 8.33. The number of rotatable bonds is 6. The molecule has 2 aromatic rings. The van der Waals surface area contributed by atoms with E-state index in [9.17, 15) is 5.11 Å². The number of aromatic nitrogens is 2. The first kappa shape index (κ1) is 13.8. The van der Waals surface area contributed by atoms with Gasteiger partial charge in [-0.2, -0.15) is 4.98 Å². The van der Waals surface area contributed by atoms with Crippen molar-refractivity contribution in [3.63, 3.8) is 0 Å². The molecule has 0 radical (unpaired) electrons. The monoisotopic (exact) mass is 327 g/mol. The van der Waals surface area contributed by atoms with Gasteiger partial charge in [0.05, 0.1) is 30.1 Å². The Morgan fingerprint density at radius 2 is 2.42 bits per heavy atom. The molecule has 6 nitrogen and oxygen atoms in total. The van der Waals surface area contributed by atoms with E-state index in [2.05, 4.69) is 31.2 Å². The lowest BCUT2D eigenvalue weighted by Gasteiger charge is -2.14. The molecular weight excluding hydrogens is 314 g/mol. The summed E-state index contributed by atoms with van der Waals surface area (Å²) in [5, 5.41) is 12.4. The molecule has 19 heavy (non-hydrogen) atoms. The quantitative estimate of drug-likeness (QED) is 0.847. The standard InChI is InChI=1S/C12H14BrN3O3/c1-2-18-11-8(13)6-14-12(16-11)15-9(7-17)10-4-3-5-19-10/h3-6,9,17H,2,7H2,1H3,(H,14,15,16)/t9-/m1/s1. The molecule has 2 N–H and O–H groups in total. The van der Waals surface area contributed by atoms with Crippen LogP contribution in [0.3, 0.4) is 0 Å². The molecule has 102 valence electrons. The number of nitrogens with one attached hydrogen (secondary N) is 1. The first-order valence-electron chi connectivity index (χ1n) is 5.80. The molecule has 0 aliphatic rings. The maximum absolute atomic E-state index is 9.37. The van der Waals surface area contributed by atoms with Crippen LogP contribution in [-0.2, 0) is 0 Å². The van der Waals surface area contributed by atoms with Crippen LogP contribution in [0, 0.1) is 0 Å². The Morgan fingerprint density at radius 3 is 3.05 bits per heavy atom. The molecule has 2 heterocycles. The fourth-order valence-corrected chi connectivity index (χ4v) is 1.82. The van der Waals surface area contributed by atoms with Crippen LogP contribution >= 0.6 is 15.9 Å². The number of aliphatic hydroxyl groups is 1. The second-order valence-electron chi connectivity index (χ2n) is 3.67. The highest BCUT2D eigenvalue weighted by atomic mass is 79.9. The number of hydrogen-bond donors (Lipinski definition) is 2. The fraction of sp³-hybridized carbons (Fsp3) is 0.333. The fourth-order valence-electron chi connectivity index (χ4n) is 1.51. The summed E-state index contributed by atoms with van der Waals surface area (Å²) in [7, 11) is 0. The summed E-state index contributed by atoms with van der Waals surface area (Å²) in [6.07, 6.45) is 3.14. The first-order valence-corrected chi connectivity index (χ1v) is 6.60. The van der Waals surface area contributed by atoms with Gasteiger partial charge in [0.25, 0.3) is 0 Å². The summed E-state index contributed by atoms with van der Waals surface area (Å²) in [5.74, 6) is 1.44. The molecular formula is C12H14BrN3O3. The number of furan rings is 1. The number of anilines is 1. The van der Waals surface area contributed by atoms with Gasteiger partial charge in [-0.1, -0.05) is 0 Å². The van der Waals surface area contributed by atoms with Crippen molar-refractivity contribution in [2.45, 2.75) is 13.0 Å². The zero-order valence-electron chi connectivity index (χ0n) is 10.3. The third-order valence-electron chi connectivity index (χ3n) is 2.37. The van der Waals surface area contributed by atoms with Gasteiger partial charge in [0.2, 0.25) is 11.8 Å². The van der Waals surface area contributed by atoms with Gasteiger partial charge in [-0.15, -0.1) is 0 Å². The van der Waals surface area contributed by atoms with Crippen molar-refractivity contribution < 1.29 is 14.3 Å². The molecule has 0 saturated carbocycles. The van der Waals surface area contributed by atoms with Crippen molar-refractivity contribution in [2.24, 2.45) is 0 Å². The molecule has 1 atom stereocenters. The van der Waals surface area contributed by atoms with Gasteiger partial charge in [-0.3, -0.25) is 0 Å². The van der Waals surface area contributed by atoms with Crippen molar-refractivity contribution in [1.29, 1.82) is 0 Å². The van der Waals surface area contributed by atoms with E-state index in [1.807, 2.05) is 6.92 Å². The molecule has 7 heteroatoms. The lowest BCUT2D eigenvalue weighted by molar-refractivity contribution is 0.260. The average Bonchev–Trinajstić information content (AvgIpc) is 2.93. The largest absolute Gasteiger partial charge is 0.477 e. The Kier molecular flexibility index (Phi) is 4.75. The van der Waals surface area contributed by atoms with Crippen molar-refractivity contribution in [1.82, 2.24) is 9.97 Å². The van der Waals surface area contributed by atoms with Crippen LogP contribution in [0.2, 0.25) is 0 Å². The number of ether oxygens (including phenoxy) is 1. The van der Waals surface area contributed by atoms with Gasteiger partial charge in [0.1, 0.15) is 11.8 Å². The molecule has 0 bridgehead atoms. The molecule has 2 aromatic heterocycles. The Bertz CT molecular complexity index is 519. The van der Waals surface area contributed by atoms with E-state index in [1.165, 1.54) is 0 Å². The Labute approximate surface area is 119 Å². The molecule has 0 amide bonds. The molecule has 2 rings (SSSR count). The normalized spacial score (nSPS) is 12.2. The van der Waals surface area contributed by atoms with E-state index in [0.717, 1.165) is 0 Å². The third-order valence-corrected chi connectivity index (χ3v) is 2.91. The Balaban J connectivity index is 2.15. The minimum Gasteiger partial charge on any atom is -0.477 e. The van der Waals surface area contributed by atoms with E-state index < -0.39 is 6.04 Å². The second-order valence-corrected chi connectivity index (χ2v) is 4.53. The molecule has 0 spiro atoms. The SMILES string of the molecule is CCOc1nc(N[C@H](CO)c2ccco2)ncc1Br. The highest BCUT2D eigenvalue weighted by Crippen LogP contribution is 2.24. The summed E-state index contributed by atoms with van der Waals surface area (Å²) in [6, 6.07) is 3.13. The molecule has 0 saturated heterocycles. The van der Waals surface area contributed by atoms with Crippen LogP contribution in [0.1, 0.15) is 18.7 Å². The maximum Gasteiger partial charge on any atom is 0.232 e. The van der Waals surface area contributed by atoms with E-state index >= 15 is 0 Å². The minimum absolute atomic E-state index is 0.128. The second kappa shape index (κ2) is 6.53. The first-order chi connectivity index (χ1) is 9.24. The lowest BCUT2D eigenvalue weighted by atomic mass is 10.2. The zero-order chi connectivity index (χ0) is 13.7. The van der Waals surface area contributed by atoms with Crippen LogP contribution in [0.25, 0.3) is 0 Å². The topological polar surface area (TPSA) is 80.4 Å². The van der Waals surface area contributed by atoms with Gasteiger partial charge < -0.3 is 19.6 Å². The lowest BCUT2D eigenvalue weighted by Crippen LogP contribution is -2.16. The van der Waals surface area contributed by atoms with Crippen LogP contribution < -0.4 is 10.1 Å². The van der Waals surface area contributed by atoms with Crippen molar-refractivity contribution >= 4 is 21.9 Å². The maximum atomic E-state index is 9.37. The van der Waals surface area contributed by atoms with Gasteiger partial charge >= 0.3 is 0 Å². The van der Waals surface area contributed by atoms with Crippen LogP contribution in [0.5, 0.6) is 5.88 Å². The van der Waals surface area contributed by atoms with E-state index in [0.29, 0.717) is 28.7 Å². The summed E-state index contributed by atoms with van der Waals surface area (Å²) in [6.45, 7) is 2.26. The molecule has 0 fully saturated rings. The number of hydrogen-bond acceptors (Lipinski definition) is 6. The number of halogens is 1. The number of aliphatic hydroxyl groups excluding tert-OH is 1. The van der Waals surface area contributed by atoms with Crippen LogP contribution in [-0.4, -0.2) is 28.3 Å². The van der Waals surface area contributed by atoms with Crippen molar-refractivity contribution in [3.05, 3.63) is 34.8 Å². The highest BCUT2D eigenvalue weighted by Gasteiger charge is 2.15. The van der Waals surface area contributed by atoms with Crippen molar-refractivity contribution in [3.8, 4) is 5.88 Å². The van der Waals surface area contributed by atoms with E-state index in [4.69, 9.17) is 9.15 Å². The van der Waals surface area contributed by atoms with Crippen LogP contribution in [0.15, 0.2) is 33.5 Å². The predicted octanol–water partition coefficient (Wildman–Crippen LogP) is 2.38. The summed E-state index contributed by atoms with van der Waals surface area (Å²) >= 11 is 3.31. The van der Waals surface area contributed by atoms with Crippen molar-refractivity contribution in [2.75, 3.05) is 18.5 Å². The molecule has 0 unspecified atom stereocenters. The molecule has 0 aromatic carbocycles. The van der Waals surface area contributed by atoms with Gasteiger partial charge in [0.15, 0.2) is 0 Å². The average molecular weight is 328 g/mol. The number of nitrogens with zero attached hydrogens (tertiary/aromatic N) is 2. The van der Waals surface area contributed by atoms with Crippen LogP contribution in [0.4, 0.5) is 5.95 Å². The minimum atomic E-state index is -0.398. The third kappa shape index (κ3) is 3.45. The summed E-state index contributed by atoms with van der Waals surface area (Å²) < 4.78 is 11.3. The van der Waals surface area contributed by atoms with E-state index in [-0.39, 0.29) is 6.61 Å². The molecule has 0 aliphatic carbocycles. The smallest absolute Gasteiger partial charge is 0.232 e. The Morgan fingerprint density at radius 1 is 1.58 bits per heavy atom. The predicted molar refractivity (Wildman–Crippen MR) is 73.1 cm³/mol. The van der Waals surface area contributed by atoms with Gasteiger partial charge in [-0.25, -0.2) is 4.98 Å².